The summed E-state index contributed by atoms with van der Waals surface area (Å²) in [4.78, 5) is 14.7. The van der Waals surface area contributed by atoms with Crippen LogP contribution in [0, 0.1) is 5.82 Å². The van der Waals surface area contributed by atoms with Crippen molar-refractivity contribution in [3.05, 3.63) is 34.5 Å². The average molecular weight is 234 g/mol. The van der Waals surface area contributed by atoms with Crippen LogP contribution < -0.4 is 5.69 Å². The van der Waals surface area contributed by atoms with Gasteiger partial charge in [-0.3, -0.25) is 4.57 Å². The van der Waals surface area contributed by atoms with Gasteiger partial charge in [0.05, 0.1) is 11.0 Å². The van der Waals surface area contributed by atoms with Gasteiger partial charge in [0.1, 0.15) is 5.82 Å². The molecule has 0 bridgehead atoms. The van der Waals surface area contributed by atoms with Crippen LogP contribution in [0.25, 0.3) is 11.0 Å². The van der Waals surface area contributed by atoms with Crippen LogP contribution in [0.4, 0.5) is 4.39 Å². The van der Waals surface area contributed by atoms with E-state index in [1.807, 2.05) is 0 Å². The second-order valence-corrected chi connectivity index (χ2v) is 4.75. The van der Waals surface area contributed by atoms with Gasteiger partial charge < -0.3 is 4.98 Å². The fraction of sp³-hybridized carbons (Fsp3) is 0.462. The summed E-state index contributed by atoms with van der Waals surface area (Å²) in [5, 5.41) is 0. The number of aromatic nitrogens is 2. The van der Waals surface area contributed by atoms with E-state index >= 15 is 0 Å². The maximum atomic E-state index is 13.1. The van der Waals surface area contributed by atoms with Gasteiger partial charge in [-0.15, -0.1) is 0 Å². The number of halogens is 1. The van der Waals surface area contributed by atoms with Crippen LogP contribution in [0.15, 0.2) is 23.0 Å². The first-order valence-electron chi connectivity index (χ1n) is 6.15. The Morgan fingerprint density at radius 3 is 2.76 bits per heavy atom. The molecule has 1 aromatic carbocycles. The average Bonchev–Trinajstić information content (AvgIpc) is 2.65. The van der Waals surface area contributed by atoms with E-state index in [2.05, 4.69) is 4.98 Å². The number of nitrogens with zero attached hydrogens (tertiary/aromatic N) is 1. The van der Waals surface area contributed by atoms with Gasteiger partial charge in [0.15, 0.2) is 0 Å². The molecular formula is C13H15FN2O. The zero-order valence-electron chi connectivity index (χ0n) is 9.58. The molecule has 3 nitrogen and oxygen atoms in total. The lowest BCUT2D eigenvalue weighted by Gasteiger charge is -2.22. The summed E-state index contributed by atoms with van der Waals surface area (Å²) < 4.78 is 14.9. The van der Waals surface area contributed by atoms with Crippen LogP contribution in [0.2, 0.25) is 0 Å². The number of imidazole rings is 1. The molecule has 1 N–H and O–H groups in total. The van der Waals surface area contributed by atoms with Crippen LogP contribution in [0.3, 0.4) is 0 Å². The maximum Gasteiger partial charge on any atom is 0.326 e. The normalized spacial score (nSPS) is 17.7. The Morgan fingerprint density at radius 1 is 1.24 bits per heavy atom. The Morgan fingerprint density at radius 2 is 2.00 bits per heavy atom. The van der Waals surface area contributed by atoms with Crippen molar-refractivity contribution in [2.45, 2.75) is 38.1 Å². The van der Waals surface area contributed by atoms with Crippen molar-refractivity contribution in [3.63, 3.8) is 0 Å². The van der Waals surface area contributed by atoms with Gasteiger partial charge in [-0.2, -0.15) is 0 Å². The summed E-state index contributed by atoms with van der Waals surface area (Å²) >= 11 is 0. The number of H-pyrrole nitrogens is 1. The smallest absolute Gasteiger partial charge is 0.305 e. The van der Waals surface area contributed by atoms with E-state index in [0.29, 0.717) is 5.52 Å². The maximum absolute atomic E-state index is 13.1. The van der Waals surface area contributed by atoms with Gasteiger partial charge in [-0.05, 0) is 31.0 Å². The summed E-state index contributed by atoms with van der Waals surface area (Å²) in [6, 6.07) is 4.76. The van der Waals surface area contributed by atoms with Gasteiger partial charge in [0.2, 0.25) is 0 Å². The quantitative estimate of drug-likeness (QED) is 0.809. The molecule has 4 heteroatoms. The lowest BCUT2D eigenvalue weighted by Crippen LogP contribution is -2.23. The number of hydrogen-bond acceptors (Lipinski definition) is 1. The molecule has 2 aromatic rings. The minimum Gasteiger partial charge on any atom is -0.305 e. The third-order valence-electron chi connectivity index (χ3n) is 3.62. The second kappa shape index (κ2) is 4.02. The van der Waals surface area contributed by atoms with Crippen molar-refractivity contribution in [3.8, 4) is 0 Å². The molecule has 1 fully saturated rings. The molecule has 0 spiro atoms. The Bertz CT molecular complexity index is 593. The lowest BCUT2D eigenvalue weighted by atomic mass is 9.95. The number of fused-ring (bicyclic) bond motifs is 1. The monoisotopic (exact) mass is 234 g/mol. The predicted octanol–water partition coefficient (Wildman–Crippen LogP) is 2.97. The molecule has 0 amide bonds. The van der Waals surface area contributed by atoms with E-state index in [0.717, 1.165) is 18.4 Å². The van der Waals surface area contributed by atoms with Gasteiger partial charge >= 0.3 is 5.69 Å². The van der Waals surface area contributed by atoms with Gasteiger partial charge in [0.25, 0.3) is 0 Å². The zero-order valence-corrected chi connectivity index (χ0v) is 9.58. The molecule has 1 saturated carbocycles. The van der Waals surface area contributed by atoms with Gasteiger partial charge in [0, 0.05) is 6.04 Å². The molecule has 0 aliphatic heterocycles. The third kappa shape index (κ3) is 1.77. The number of rotatable bonds is 1. The molecule has 1 aromatic heterocycles. The number of hydrogen-bond donors (Lipinski definition) is 1. The van der Waals surface area contributed by atoms with Crippen LogP contribution in [-0.2, 0) is 0 Å². The Kier molecular flexibility index (Phi) is 2.50. The Labute approximate surface area is 98.3 Å². The summed E-state index contributed by atoms with van der Waals surface area (Å²) in [6.45, 7) is 0. The van der Waals surface area contributed by atoms with Crippen molar-refractivity contribution in [2.24, 2.45) is 0 Å². The summed E-state index contributed by atoms with van der Waals surface area (Å²) in [5.74, 6) is -0.311. The van der Waals surface area contributed by atoms with E-state index in [1.54, 1.807) is 10.6 Å². The van der Waals surface area contributed by atoms with Gasteiger partial charge in [-0.1, -0.05) is 19.3 Å². The molecule has 1 aliphatic carbocycles. The molecule has 0 atom stereocenters. The van der Waals surface area contributed by atoms with Crippen LogP contribution in [0.1, 0.15) is 38.1 Å². The van der Waals surface area contributed by atoms with Crippen molar-refractivity contribution in [1.82, 2.24) is 9.55 Å². The van der Waals surface area contributed by atoms with E-state index in [9.17, 15) is 9.18 Å². The standard InChI is InChI=1S/C13H15FN2O/c14-9-6-7-12-11(8-9)15-13(17)16(12)10-4-2-1-3-5-10/h6-8,10H,1-5H2,(H,15,17). The van der Waals surface area contributed by atoms with Crippen LogP contribution in [-0.4, -0.2) is 9.55 Å². The van der Waals surface area contributed by atoms with Crippen molar-refractivity contribution < 1.29 is 4.39 Å². The number of nitrogens with one attached hydrogen (secondary N) is 1. The predicted molar refractivity (Wildman–Crippen MR) is 64.6 cm³/mol. The molecule has 3 rings (SSSR count). The number of aromatic amines is 1. The summed E-state index contributed by atoms with van der Waals surface area (Å²) in [7, 11) is 0. The first-order valence-corrected chi connectivity index (χ1v) is 6.15. The highest BCUT2D eigenvalue weighted by atomic mass is 19.1. The molecule has 0 unspecified atom stereocenters. The van der Waals surface area contributed by atoms with Crippen molar-refractivity contribution in [2.75, 3.05) is 0 Å². The molecule has 90 valence electrons. The number of benzene rings is 1. The fourth-order valence-electron chi connectivity index (χ4n) is 2.81. The highest BCUT2D eigenvalue weighted by Gasteiger charge is 2.19. The summed E-state index contributed by atoms with van der Waals surface area (Å²) in [6.07, 6.45) is 5.69. The van der Waals surface area contributed by atoms with Crippen LogP contribution in [0.5, 0.6) is 0 Å². The largest absolute Gasteiger partial charge is 0.326 e. The van der Waals surface area contributed by atoms with E-state index < -0.39 is 0 Å². The van der Waals surface area contributed by atoms with Gasteiger partial charge in [-0.25, -0.2) is 9.18 Å². The molecule has 0 radical (unpaired) electrons. The highest BCUT2D eigenvalue weighted by Crippen LogP contribution is 2.29. The Balaban J connectivity index is 2.14. The second-order valence-electron chi connectivity index (χ2n) is 4.75. The molecule has 1 aliphatic rings. The van der Waals surface area contributed by atoms with Crippen molar-refractivity contribution in [1.29, 1.82) is 0 Å². The first-order chi connectivity index (χ1) is 8.25. The van der Waals surface area contributed by atoms with E-state index in [1.165, 1.54) is 31.4 Å². The SMILES string of the molecule is O=c1[nH]c2cc(F)ccc2n1C1CCCCC1. The fourth-order valence-corrected chi connectivity index (χ4v) is 2.81. The minimum absolute atomic E-state index is 0.113. The first kappa shape index (κ1) is 10.6. The minimum atomic E-state index is -0.311. The molecular weight excluding hydrogens is 219 g/mol. The third-order valence-corrected chi connectivity index (χ3v) is 3.62. The zero-order chi connectivity index (χ0) is 11.8. The van der Waals surface area contributed by atoms with E-state index in [4.69, 9.17) is 0 Å². The summed E-state index contributed by atoms with van der Waals surface area (Å²) in [5.41, 5.74) is 1.31. The Hall–Kier alpha value is -1.58. The topological polar surface area (TPSA) is 37.8 Å². The lowest BCUT2D eigenvalue weighted by molar-refractivity contribution is 0.353. The molecule has 17 heavy (non-hydrogen) atoms. The van der Waals surface area contributed by atoms with Crippen molar-refractivity contribution >= 4 is 11.0 Å². The molecule has 1 heterocycles. The molecule has 0 saturated heterocycles. The van der Waals surface area contributed by atoms with E-state index in [-0.39, 0.29) is 17.5 Å². The van der Waals surface area contributed by atoms with Crippen LogP contribution >= 0.6 is 0 Å². The highest BCUT2D eigenvalue weighted by molar-refractivity contribution is 5.75.